The molecule has 0 unspecified atom stereocenters. The molecule has 266 valence electrons. The molecule has 0 radical (unpaired) electrons. The van der Waals surface area contributed by atoms with Gasteiger partial charge < -0.3 is 34.8 Å². The van der Waals surface area contributed by atoms with Gasteiger partial charge in [0.15, 0.2) is 5.82 Å². The number of aromatic nitrogens is 2. The van der Waals surface area contributed by atoms with Crippen LogP contribution >= 0.6 is 0 Å². The van der Waals surface area contributed by atoms with Crippen molar-refractivity contribution in [3.63, 3.8) is 0 Å². The number of benzene rings is 1. The van der Waals surface area contributed by atoms with Crippen molar-refractivity contribution in [2.45, 2.75) is 45.1 Å². The molecule has 0 bridgehead atoms. The number of unbranched alkanes of at least 4 members (excludes halogenated alkanes) is 2. The molecule has 1 aromatic carbocycles. The fourth-order valence-electron chi connectivity index (χ4n) is 5.59. The molecule has 2 saturated heterocycles. The van der Waals surface area contributed by atoms with E-state index in [9.17, 15) is 29.1 Å². The molecule has 1 aromatic heterocycles. The summed E-state index contributed by atoms with van der Waals surface area (Å²) in [5, 5.41) is 12.1. The number of anilines is 1. The highest BCUT2D eigenvalue weighted by Crippen LogP contribution is 2.22. The molecule has 0 saturated carbocycles. The number of hydrogen-bond acceptors (Lipinski definition) is 10. The van der Waals surface area contributed by atoms with Crippen molar-refractivity contribution in [1.29, 1.82) is 0 Å². The molecule has 2 aromatic rings. The van der Waals surface area contributed by atoms with Crippen LogP contribution in [0.2, 0.25) is 0 Å². The summed E-state index contributed by atoms with van der Waals surface area (Å²) in [5.74, 6) is -1.26. The van der Waals surface area contributed by atoms with Crippen molar-refractivity contribution in [3.8, 4) is 11.4 Å². The quantitative estimate of drug-likeness (QED) is 0.279. The second kappa shape index (κ2) is 18.1. The highest BCUT2D eigenvalue weighted by Gasteiger charge is 2.32. The van der Waals surface area contributed by atoms with E-state index in [1.807, 2.05) is 35.2 Å². The molecule has 2 fully saturated rings. The van der Waals surface area contributed by atoms with Crippen LogP contribution in [0.3, 0.4) is 0 Å². The molecule has 15 heteroatoms. The number of carbonyl (C=O) groups is 5. The molecule has 2 N–H and O–H groups in total. The van der Waals surface area contributed by atoms with Gasteiger partial charge in [0, 0.05) is 84.5 Å². The first kappa shape index (κ1) is 37.0. The summed E-state index contributed by atoms with van der Waals surface area (Å²) in [7, 11) is 3.46. The second-order valence-corrected chi connectivity index (χ2v) is 12.4. The highest BCUT2D eigenvalue weighted by molar-refractivity contribution is 5.97. The van der Waals surface area contributed by atoms with Gasteiger partial charge in [0.1, 0.15) is 17.6 Å². The Balaban J connectivity index is 1.47. The van der Waals surface area contributed by atoms with Crippen molar-refractivity contribution in [2.75, 3.05) is 84.5 Å². The Morgan fingerprint density at radius 3 is 2.22 bits per heavy atom. The van der Waals surface area contributed by atoms with Gasteiger partial charge in [0.2, 0.25) is 11.8 Å². The van der Waals surface area contributed by atoms with Crippen LogP contribution < -0.4 is 10.2 Å². The highest BCUT2D eigenvalue weighted by atomic mass is 16.6. The van der Waals surface area contributed by atoms with E-state index in [0.29, 0.717) is 56.5 Å². The maximum Gasteiger partial charge on any atom is 0.409 e. The van der Waals surface area contributed by atoms with Crippen LogP contribution in [0.5, 0.6) is 0 Å². The Hall–Kier alpha value is -4.79. The monoisotopic (exact) mass is 680 g/mol. The third-order valence-electron chi connectivity index (χ3n) is 8.60. The molecule has 1 atom stereocenters. The van der Waals surface area contributed by atoms with E-state index in [-0.39, 0.29) is 50.6 Å². The van der Waals surface area contributed by atoms with Crippen LogP contribution in [-0.2, 0) is 19.1 Å². The second-order valence-electron chi connectivity index (χ2n) is 12.4. The summed E-state index contributed by atoms with van der Waals surface area (Å²) in [6.07, 6.45) is 1.92. The fourth-order valence-corrected chi connectivity index (χ4v) is 5.59. The Bertz CT molecular complexity index is 1440. The van der Waals surface area contributed by atoms with Crippen LogP contribution in [0, 0.1) is 0 Å². The number of likely N-dealkylation sites (N-methyl/N-ethyl adjacent to an activating group) is 1. The van der Waals surface area contributed by atoms with E-state index >= 15 is 0 Å². The summed E-state index contributed by atoms with van der Waals surface area (Å²) >= 11 is 0. The molecule has 3 heterocycles. The van der Waals surface area contributed by atoms with Gasteiger partial charge in [-0.25, -0.2) is 14.8 Å². The number of piperazine rings is 2. The number of nitrogens with zero attached hydrogens (tertiary/aromatic N) is 7. The number of aliphatic carboxylic acids is 1. The molecule has 49 heavy (non-hydrogen) atoms. The lowest BCUT2D eigenvalue weighted by atomic mass is 10.1. The lowest BCUT2D eigenvalue weighted by Crippen LogP contribution is -2.56. The van der Waals surface area contributed by atoms with E-state index < -0.39 is 29.9 Å². The van der Waals surface area contributed by atoms with E-state index in [1.165, 1.54) is 4.90 Å². The molecule has 0 aliphatic carbocycles. The SMILES string of the molecule is CCCCCOC(=O)N1CCN(C(=O)[C@H](CCC(=O)O)NC(=O)c2cc(N3CCN(CC(=O)N(C)C)CC3)nc(-c3ccccc3)n2)CC1. The first-order valence-corrected chi connectivity index (χ1v) is 16.9. The standard InChI is InChI=1S/C34H48N8O7/c1-4-5-9-22-49-34(48)42-20-18-41(19-21-42)33(47)26(12-13-30(44)45)36-32(46)27-23-28(37-31(35-27)25-10-7-6-8-11-25)40-16-14-39(15-17-40)24-29(43)38(2)3/h6-8,10-11,23,26H,4-5,9,12-22,24H2,1-3H3,(H,36,46)(H,44,45)/t26-/m0/s1. The average molecular weight is 681 g/mol. The van der Waals surface area contributed by atoms with E-state index in [4.69, 9.17) is 9.72 Å². The molecule has 2 aliphatic heterocycles. The first-order chi connectivity index (χ1) is 23.5. The van der Waals surface area contributed by atoms with Crippen molar-refractivity contribution >= 4 is 35.6 Å². The number of ether oxygens (including phenoxy) is 1. The molecule has 4 rings (SSSR count). The summed E-state index contributed by atoms with van der Waals surface area (Å²) < 4.78 is 5.35. The number of nitrogens with one attached hydrogen (secondary N) is 1. The Morgan fingerprint density at radius 1 is 0.918 bits per heavy atom. The van der Waals surface area contributed by atoms with Crippen molar-refractivity contribution < 1.29 is 33.8 Å². The minimum absolute atomic E-state index is 0.0231. The van der Waals surface area contributed by atoms with Gasteiger partial charge in [-0.15, -0.1) is 0 Å². The van der Waals surface area contributed by atoms with Crippen LogP contribution in [0.1, 0.15) is 49.5 Å². The van der Waals surface area contributed by atoms with Crippen LogP contribution in [-0.4, -0.2) is 150 Å². The summed E-state index contributed by atoms with van der Waals surface area (Å²) in [5.41, 5.74) is 0.742. The van der Waals surface area contributed by atoms with Gasteiger partial charge >= 0.3 is 12.1 Å². The number of rotatable bonds is 14. The van der Waals surface area contributed by atoms with Gasteiger partial charge in [-0.3, -0.25) is 24.1 Å². The van der Waals surface area contributed by atoms with E-state index in [1.54, 1.807) is 30.0 Å². The Morgan fingerprint density at radius 2 is 1.59 bits per heavy atom. The summed E-state index contributed by atoms with van der Waals surface area (Å²) in [6.45, 7) is 6.12. The van der Waals surface area contributed by atoms with Crippen LogP contribution in [0.15, 0.2) is 36.4 Å². The molecule has 2 aliphatic rings. The fraction of sp³-hybridized carbons (Fsp3) is 0.559. The molecular weight excluding hydrogens is 632 g/mol. The van der Waals surface area contributed by atoms with Crippen LogP contribution in [0.25, 0.3) is 11.4 Å². The Labute approximate surface area is 287 Å². The van der Waals surface area contributed by atoms with Crippen molar-refractivity contribution in [1.82, 2.24) is 34.9 Å². The average Bonchev–Trinajstić information content (AvgIpc) is 3.11. The summed E-state index contributed by atoms with van der Waals surface area (Å²) in [6, 6.07) is 9.69. The smallest absolute Gasteiger partial charge is 0.409 e. The normalized spacial score (nSPS) is 15.8. The largest absolute Gasteiger partial charge is 0.481 e. The number of carbonyl (C=O) groups excluding carboxylic acids is 4. The van der Waals surface area contributed by atoms with Gasteiger partial charge in [-0.1, -0.05) is 50.1 Å². The van der Waals surface area contributed by atoms with Gasteiger partial charge in [0.05, 0.1) is 13.2 Å². The molecule has 0 spiro atoms. The zero-order valence-corrected chi connectivity index (χ0v) is 28.7. The Kier molecular flexibility index (Phi) is 13.7. The van der Waals surface area contributed by atoms with Crippen LogP contribution in [0.4, 0.5) is 10.6 Å². The topological polar surface area (TPSA) is 169 Å². The number of carboxylic acid groups (broad SMARTS) is 1. The zero-order chi connectivity index (χ0) is 35.3. The molecule has 4 amide bonds. The van der Waals surface area contributed by atoms with Crippen molar-refractivity contribution in [2.24, 2.45) is 0 Å². The molecule has 15 nitrogen and oxygen atoms in total. The number of hydrogen-bond donors (Lipinski definition) is 2. The van der Waals surface area contributed by atoms with Gasteiger partial charge in [-0.05, 0) is 12.8 Å². The van der Waals surface area contributed by atoms with E-state index in [2.05, 4.69) is 22.1 Å². The lowest BCUT2D eigenvalue weighted by molar-refractivity contribution is -0.138. The zero-order valence-electron chi connectivity index (χ0n) is 28.7. The van der Waals surface area contributed by atoms with Gasteiger partial charge in [0.25, 0.3) is 5.91 Å². The van der Waals surface area contributed by atoms with Crippen molar-refractivity contribution in [3.05, 3.63) is 42.1 Å². The van der Waals surface area contributed by atoms with E-state index in [0.717, 1.165) is 19.3 Å². The number of carboxylic acids is 1. The molecular formula is C34H48N8O7. The van der Waals surface area contributed by atoms with Gasteiger partial charge in [-0.2, -0.15) is 0 Å². The minimum Gasteiger partial charge on any atom is -0.481 e. The third-order valence-corrected chi connectivity index (χ3v) is 8.60. The summed E-state index contributed by atoms with van der Waals surface area (Å²) in [4.78, 5) is 81.7. The predicted molar refractivity (Wildman–Crippen MR) is 182 cm³/mol. The predicted octanol–water partition coefficient (Wildman–Crippen LogP) is 1.79. The lowest BCUT2D eigenvalue weighted by Gasteiger charge is -2.36. The maximum atomic E-state index is 13.8. The minimum atomic E-state index is -1.12. The third kappa shape index (κ3) is 10.9. The number of amides is 4. The maximum absolute atomic E-state index is 13.8. The first-order valence-electron chi connectivity index (χ1n) is 16.9.